The van der Waals surface area contributed by atoms with E-state index in [-0.39, 0.29) is 17.0 Å². The molecule has 0 aromatic heterocycles. The van der Waals surface area contributed by atoms with E-state index >= 15 is 0 Å². The first-order chi connectivity index (χ1) is 10.1. The largest absolute Gasteiger partial charge is 0.493 e. The Morgan fingerprint density at radius 3 is 2.14 bits per heavy atom. The summed E-state index contributed by atoms with van der Waals surface area (Å²) in [6, 6.07) is 5.03. The van der Waals surface area contributed by atoms with Crippen LogP contribution in [0.1, 0.15) is 41.0 Å². The number of amides is 2. The van der Waals surface area contributed by atoms with Crippen molar-refractivity contribution in [2.24, 2.45) is 5.41 Å². The molecule has 5 heteroatoms. The van der Waals surface area contributed by atoms with Gasteiger partial charge in [-0.05, 0) is 37.8 Å². The van der Waals surface area contributed by atoms with Crippen LogP contribution in [0.3, 0.4) is 0 Å². The molecule has 0 saturated carbocycles. The normalized spacial score (nSPS) is 11.8. The van der Waals surface area contributed by atoms with Crippen LogP contribution in [0, 0.1) is 5.41 Å². The number of rotatable bonds is 5. The monoisotopic (exact) mass is 308 g/mol. The van der Waals surface area contributed by atoms with Gasteiger partial charge in [-0.15, -0.1) is 0 Å². The van der Waals surface area contributed by atoms with Crippen LogP contribution in [0.4, 0.5) is 10.5 Å². The lowest BCUT2D eigenvalue weighted by Crippen LogP contribution is -2.47. The molecule has 0 spiro atoms. The molecule has 22 heavy (non-hydrogen) atoms. The van der Waals surface area contributed by atoms with Crippen molar-refractivity contribution in [1.29, 1.82) is 0 Å². The fourth-order valence-electron chi connectivity index (χ4n) is 2.75. The van der Waals surface area contributed by atoms with Crippen LogP contribution in [0.5, 0.6) is 11.5 Å². The first-order valence-corrected chi connectivity index (χ1v) is 7.37. The van der Waals surface area contributed by atoms with Crippen LogP contribution < -0.4 is 20.1 Å². The van der Waals surface area contributed by atoms with E-state index in [2.05, 4.69) is 31.4 Å². The van der Waals surface area contributed by atoms with Gasteiger partial charge in [0, 0.05) is 17.3 Å². The zero-order chi connectivity index (χ0) is 17.0. The van der Waals surface area contributed by atoms with Gasteiger partial charge in [0.1, 0.15) is 0 Å². The molecule has 5 nitrogen and oxygen atoms in total. The Bertz CT molecular complexity index is 519. The van der Waals surface area contributed by atoms with Crippen molar-refractivity contribution < 1.29 is 14.3 Å². The number of carbonyl (C=O) groups excluding carboxylic acids is 1. The van der Waals surface area contributed by atoms with Gasteiger partial charge < -0.3 is 20.1 Å². The molecular weight excluding hydrogens is 280 g/mol. The zero-order valence-corrected chi connectivity index (χ0v) is 14.7. The maximum Gasteiger partial charge on any atom is 0.319 e. The van der Waals surface area contributed by atoms with E-state index in [0.717, 1.165) is 6.42 Å². The molecule has 0 unspecified atom stereocenters. The Kier molecular flexibility index (Phi) is 5.69. The van der Waals surface area contributed by atoms with Gasteiger partial charge >= 0.3 is 6.03 Å². The van der Waals surface area contributed by atoms with Crippen LogP contribution in [0.15, 0.2) is 18.2 Å². The lowest BCUT2D eigenvalue weighted by atomic mass is 9.82. The second-order valence-electron chi connectivity index (χ2n) is 7.27. The Morgan fingerprint density at radius 1 is 1.05 bits per heavy atom. The van der Waals surface area contributed by atoms with E-state index in [9.17, 15) is 4.79 Å². The predicted molar refractivity (Wildman–Crippen MR) is 89.9 cm³/mol. The molecule has 0 radical (unpaired) electrons. The Hall–Kier alpha value is -1.91. The summed E-state index contributed by atoms with van der Waals surface area (Å²) in [5.41, 5.74) is 0.501. The fraction of sp³-hybridized carbons (Fsp3) is 0.588. The quantitative estimate of drug-likeness (QED) is 0.863. The SMILES string of the molecule is COc1ccc(NC(=O)NC(C)(C)CC(C)(C)C)cc1OC. The first kappa shape index (κ1) is 18.1. The summed E-state index contributed by atoms with van der Waals surface area (Å²) in [7, 11) is 3.14. The van der Waals surface area contributed by atoms with E-state index < -0.39 is 0 Å². The van der Waals surface area contributed by atoms with E-state index in [1.165, 1.54) is 0 Å². The summed E-state index contributed by atoms with van der Waals surface area (Å²) in [4.78, 5) is 12.2. The summed E-state index contributed by atoms with van der Waals surface area (Å²) < 4.78 is 10.4. The summed E-state index contributed by atoms with van der Waals surface area (Å²) in [5, 5.41) is 5.83. The molecule has 124 valence electrons. The van der Waals surface area contributed by atoms with E-state index in [1.54, 1.807) is 32.4 Å². The van der Waals surface area contributed by atoms with Crippen molar-refractivity contribution in [3.8, 4) is 11.5 Å². The second kappa shape index (κ2) is 6.90. The van der Waals surface area contributed by atoms with Crippen molar-refractivity contribution in [2.75, 3.05) is 19.5 Å². The third-order valence-electron chi connectivity index (χ3n) is 3.07. The molecule has 1 aromatic carbocycles. The summed E-state index contributed by atoms with van der Waals surface area (Å²) in [6.07, 6.45) is 0.874. The standard InChI is InChI=1S/C17H28N2O3/c1-16(2,3)11-17(4,5)19-15(20)18-12-8-9-13(21-6)14(10-12)22-7/h8-10H,11H2,1-7H3,(H2,18,19,20). The maximum atomic E-state index is 12.2. The molecule has 0 aliphatic carbocycles. The first-order valence-electron chi connectivity index (χ1n) is 7.37. The number of nitrogens with one attached hydrogen (secondary N) is 2. The third kappa shape index (κ3) is 5.84. The van der Waals surface area contributed by atoms with Gasteiger partial charge in [0.25, 0.3) is 0 Å². The van der Waals surface area contributed by atoms with Gasteiger partial charge in [0.15, 0.2) is 11.5 Å². The number of hydrogen-bond donors (Lipinski definition) is 2. The van der Waals surface area contributed by atoms with Crippen molar-refractivity contribution in [3.05, 3.63) is 18.2 Å². The average molecular weight is 308 g/mol. The van der Waals surface area contributed by atoms with Gasteiger partial charge in [0.2, 0.25) is 0 Å². The summed E-state index contributed by atoms with van der Waals surface area (Å²) in [6.45, 7) is 10.5. The lowest BCUT2D eigenvalue weighted by Gasteiger charge is -2.33. The molecule has 2 amide bonds. The molecular formula is C17H28N2O3. The molecule has 0 aliphatic heterocycles. The van der Waals surface area contributed by atoms with Crippen LogP contribution >= 0.6 is 0 Å². The minimum absolute atomic E-state index is 0.139. The molecule has 0 atom stereocenters. The Morgan fingerprint density at radius 2 is 1.64 bits per heavy atom. The van der Waals surface area contributed by atoms with E-state index in [4.69, 9.17) is 9.47 Å². The Balaban J connectivity index is 2.73. The number of hydrogen-bond acceptors (Lipinski definition) is 3. The number of methoxy groups -OCH3 is 2. The van der Waals surface area contributed by atoms with Crippen LogP contribution in [0.25, 0.3) is 0 Å². The van der Waals surface area contributed by atoms with Crippen molar-refractivity contribution >= 4 is 11.7 Å². The minimum atomic E-state index is -0.293. The molecule has 0 fully saturated rings. The van der Waals surface area contributed by atoms with Crippen LogP contribution in [0.2, 0.25) is 0 Å². The number of urea groups is 1. The molecule has 0 bridgehead atoms. The van der Waals surface area contributed by atoms with Gasteiger partial charge in [0.05, 0.1) is 14.2 Å². The molecule has 0 aliphatic rings. The highest BCUT2D eigenvalue weighted by Crippen LogP contribution is 2.30. The van der Waals surface area contributed by atoms with Crippen LogP contribution in [-0.4, -0.2) is 25.8 Å². The highest BCUT2D eigenvalue weighted by molar-refractivity contribution is 5.90. The van der Waals surface area contributed by atoms with Crippen LogP contribution in [-0.2, 0) is 0 Å². The number of carbonyl (C=O) groups is 1. The lowest BCUT2D eigenvalue weighted by molar-refractivity contribution is 0.220. The molecule has 1 rings (SSSR count). The summed E-state index contributed by atoms with van der Waals surface area (Å²) in [5.74, 6) is 1.20. The average Bonchev–Trinajstić information content (AvgIpc) is 2.34. The third-order valence-corrected chi connectivity index (χ3v) is 3.07. The predicted octanol–water partition coefficient (Wildman–Crippen LogP) is 4.04. The molecule has 0 heterocycles. The smallest absolute Gasteiger partial charge is 0.319 e. The molecule has 0 saturated heterocycles. The maximum absolute atomic E-state index is 12.2. The van der Waals surface area contributed by atoms with Gasteiger partial charge in [-0.3, -0.25) is 0 Å². The van der Waals surface area contributed by atoms with E-state index in [1.807, 2.05) is 13.8 Å². The highest BCUT2D eigenvalue weighted by atomic mass is 16.5. The topological polar surface area (TPSA) is 59.6 Å². The summed E-state index contributed by atoms with van der Waals surface area (Å²) >= 11 is 0. The highest BCUT2D eigenvalue weighted by Gasteiger charge is 2.27. The van der Waals surface area contributed by atoms with Crippen molar-refractivity contribution in [2.45, 2.75) is 46.6 Å². The van der Waals surface area contributed by atoms with Gasteiger partial charge in [-0.25, -0.2) is 4.79 Å². The number of anilines is 1. The Labute approximate surface area is 133 Å². The molecule has 1 aromatic rings. The zero-order valence-electron chi connectivity index (χ0n) is 14.7. The van der Waals surface area contributed by atoms with Crippen molar-refractivity contribution in [1.82, 2.24) is 5.32 Å². The molecule has 2 N–H and O–H groups in total. The number of benzene rings is 1. The van der Waals surface area contributed by atoms with Gasteiger partial charge in [-0.1, -0.05) is 20.8 Å². The minimum Gasteiger partial charge on any atom is -0.493 e. The van der Waals surface area contributed by atoms with Crippen molar-refractivity contribution in [3.63, 3.8) is 0 Å². The fourth-order valence-corrected chi connectivity index (χ4v) is 2.75. The van der Waals surface area contributed by atoms with E-state index in [0.29, 0.717) is 17.2 Å². The second-order valence-corrected chi connectivity index (χ2v) is 7.27. The number of ether oxygens (including phenoxy) is 2. The van der Waals surface area contributed by atoms with Gasteiger partial charge in [-0.2, -0.15) is 0 Å².